The summed E-state index contributed by atoms with van der Waals surface area (Å²) in [6.45, 7) is 4.65. The van der Waals surface area contributed by atoms with Gasteiger partial charge in [0.2, 0.25) is 5.91 Å². The second kappa shape index (κ2) is 12.4. The molecule has 3 rings (SSSR count). The average Bonchev–Trinajstić information content (AvgIpc) is 2.87. The number of nitrogens with zero attached hydrogens (tertiary/aromatic N) is 1. The van der Waals surface area contributed by atoms with Gasteiger partial charge in [-0.1, -0.05) is 74.5 Å². The van der Waals surface area contributed by atoms with Crippen molar-refractivity contribution >= 4 is 11.8 Å². The van der Waals surface area contributed by atoms with Gasteiger partial charge in [-0.2, -0.15) is 0 Å². The van der Waals surface area contributed by atoms with Crippen LogP contribution in [0, 0.1) is 5.92 Å². The summed E-state index contributed by atoms with van der Waals surface area (Å²) in [4.78, 5) is 28.5. The van der Waals surface area contributed by atoms with Crippen molar-refractivity contribution in [3.05, 3.63) is 96.1 Å². The number of rotatable bonds is 11. The molecule has 6 heteroatoms. The smallest absolute Gasteiger partial charge is 0.261 e. The highest BCUT2D eigenvalue weighted by Crippen LogP contribution is 2.25. The minimum atomic E-state index is -0.797. The number of nitrogens with one attached hydrogen (secondary N) is 1. The van der Waals surface area contributed by atoms with Crippen LogP contribution >= 0.6 is 0 Å². The van der Waals surface area contributed by atoms with Gasteiger partial charge >= 0.3 is 0 Å². The Bertz CT molecular complexity index is 1040. The van der Waals surface area contributed by atoms with Crippen LogP contribution in [0.5, 0.6) is 11.5 Å². The first kappa shape index (κ1) is 24.8. The zero-order valence-corrected chi connectivity index (χ0v) is 19.9. The van der Waals surface area contributed by atoms with E-state index < -0.39 is 6.04 Å². The normalized spacial score (nSPS) is 11.5. The van der Waals surface area contributed by atoms with Crippen molar-refractivity contribution in [1.82, 2.24) is 10.2 Å². The van der Waals surface area contributed by atoms with Crippen LogP contribution in [0.1, 0.15) is 31.0 Å². The molecule has 0 spiro atoms. The molecule has 1 N–H and O–H groups in total. The number of benzene rings is 3. The third kappa shape index (κ3) is 7.10. The highest BCUT2D eigenvalue weighted by atomic mass is 16.5. The number of hydrogen-bond donors (Lipinski definition) is 1. The van der Waals surface area contributed by atoms with E-state index in [9.17, 15) is 9.59 Å². The van der Waals surface area contributed by atoms with Crippen LogP contribution in [0.2, 0.25) is 0 Å². The topological polar surface area (TPSA) is 67.9 Å². The predicted octanol–water partition coefficient (Wildman–Crippen LogP) is 4.62. The van der Waals surface area contributed by atoms with E-state index in [0.29, 0.717) is 12.3 Å². The third-order valence-electron chi connectivity index (χ3n) is 5.30. The highest BCUT2D eigenvalue weighted by Gasteiger charge is 2.31. The lowest BCUT2D eigenvalue weighted by Crippen LogP contribution is -2.45. The number of ether oxygens (including phenoxy) is 2. The maximum absolute atomic E-state index is 13.5. The Labute approximate surface area is 201 Å². The van der Waals surface area contributed by atoms with E-state index in [1.807, 2.05) is 86.6 Å². The molecule has 3 aromatic carbocycles. The van der Waals surface area contributed by atoms with Gasteiger partial charge in [-0.05, 0) is 41.3 Å². The Balaban J connectivity index is 1.92. The van der Waals surface area contributed by atoms with Crippen molar-refractivity contribution in [3.63, 3.8) is 0 Å². The molecule has 0 aliphatic rings. The number of amides is 2. The largest absolute Gasteiger partial charge is 0.497 e. The van der Waals surface area contributed by atoms with Crippen LogP contribution in [0.3, 0.4) is 0 Å². The summed E-state index contributed by atoms with van der Waals surface area (Å²) in [5, 5.41) is 3.00. The fourth-order valence-electron chi connectivity index (χ4n) is 3.51. The molecule has 6 nitrogen and oxygen atoms in total. The molecule has 34 heavy (non-hydrogen) atoms. The summed E-state index contributed by atoms with van der Waals surface area (Å²) >= 11 is 0. The van der Waals surface area contributed by atoms with E-state index >= 15 is 0 Å². The summed E-state index contributed by atoms with van der Waals surface area (Å²) < 4.78 is 11.0. The van der Waals surface area contributed by atoms with Gasteiger partial charge in [0.05, 0.1) is 7.11 Å². The average molecular weight is 461 g/mol. The van der Waals surface area contributed by atoms with Crippen LogP contribution in [0.25, 0.3) is 0 Å². The summed E-state index contributed by atoms with van der Waals surface area (Å²) in [6.07, 6.45) is 0. The van der Waals surface area contributed by atoms with Gasteiger partial charge in [0.1, 0.15) is 17.5 Å². The van der Waals surface area contributed by atoms with Crippen molar-refractivity contribution in [2.75, 3.05) is 20.3 Å². The first-order valence-electron chi connectivity index (χ1n) is 11.4. The molecule has 178 valence electrons. The van der Waals surface area contributed by atoms with Crippen molar-refractivity contribution in [1.29, 1.82) is 0 Å². The molecule has 0 bridgehead atoms. The van der Waals surface area contributed by atoms with Gasteiger partial charge in [-0.25, -0.2) is 0 Å². The van der Waals surface area contributed by atoms with Gasteiger partial charge in [-0.3, -0.25) is 9.59 Å². The Kier molecular flexibility index (Phi) is 9.09. The number of para-hydroxylation sites is 1. The minimum absolute atomic E-state index is 0.180. The Morgan fingerprint density at radius 1 is 0.853 bits per heavy atom. The second-order valence-corrected chi connectivity index (χ2v) is 8.42. The Morgan fingerprint density at radius 3 is 2.06 bits per heavy atom. The van der Waals surface area contributed by atoms with Crippen LogP contribution in [-0.2, 0) is 16.1 Å². The summed E-state index contributed by atoms with van der Waals surface area (Å²) in [7, 11) is 1.61. The predicted molar refractivity (Wildman–Crippen MR) is 133 cm³/mol. The Hall–Kier alpha value is -3.80. The summed E-state index contributed by atoms with van der Waals surface area (Å²) in [6, 6.07) is 25.2. The fraction of sp³-hybridized carbons (Fsp3) is 0.286. The number of methoxy groups -OCH3 is 1. The van der Waals surface area contributed by atoms with E-state index in [4.69, 9.17) is 9.47 Å². The van der Waals surface area contributed by atoms with Gasteiger partial charge < -0.3 is 19.7 Å². The molecule has 1 atom stereocenters. The number of hydrogen-bond acceptors (Lipinski definition) is 4. The lowest BCUT2D eigenvalue weighted by atomic mass is 10.0. The molecular weight excluding hydrogens is 428 g/mol. The van der Waals surface area contributed by atoms with Gasteiger partial charge in [0.15, 0.2) is 6.61 Å². The van der Waals surface area contributed by atoms with Crippen molar-refractivity contribution in [2.45, 2.75) is 26.4 Å². The maximum Gasteiger partial charge on any atom is 0.261 e. The molecule has 0 aliphatic carbocycles. The SMILES string of the molecule is COc1ccc(CN(C(=O)COc2ccccc2)[C@@H](C(=O)NCC(C)C)c2ccccc2)cc1. The molecule has 2 amide bonds. The third-order valence-corrected chi connectivity index (χ3v) is 5.30. The molecule has 0 aliphatic heterocycles. The molecule has 0 saturated carbocycles. The summed E-state index contributed by atoms with van der Waals surface area (Å²) in [5.74, 6) is 1.10. The molecule has 0 fully saturated rings. The van der Waals surface area contributed by atoms with E-state index in [1.165, 1.54) is 0 Å². The monoisotopic (exact) mass is 460 g/mol. The van der Waals surface area contributed by atoms with Crippen LogP contribution in [0.4, 0.5) is 0 Å². The van der Waals surface area contributed by atoms with E-state index in [0.717, 1.165) is 16.9 Å². The number of carbonyl (C=O) groups excluding carboxylic acids is 2. The van der Waals surface area contributed by atoms with E-state index in [2.05, 4.69) is 5.32 Å². The zero-order chi connectivity index (χ0) is 24.3. The van der Waals surface area contributed by atoms with E-state index in [1.54, 1.807) is 24.1 Å². The lowest BCUT2D eigenvalue weighted by Gasteiger charge is -2.32. The van der Waals surface area contributed by atoms with E-state index in [-0.39, 0.29) is 30.9 Å². The molecule has 0 radical (unpaired) electrons. The molecule has 0 unspecified atom stereocenters. The number of carbonyl (C=O) groups is 2. The molecule has 3 aromatic rings. The van der Waals surface area contributed by atoms with Crippen LogP contribution in [0.15, 0.2) is 84.9 Å². The van der Waals surface area contributed by atoms with Crippen molar-refractivity contribution in [3.8, 4) is 11.5 Å². The molecule has 0 heterocycles. The fourth-order valence-corrected chi connectivity index (χ4v) is 3.51. The van der Waals surface area contributed by atoms with Gasteiger partial charge in [-0.15, -0.1) is 0 Å². The second-order valence-electron chi connectivity index (χ2n) is 8.42. The van der Waals surface area contributed by atoms with Crippen LogP contribution in [-0.4, -0.2) is 37.0 Å². The zero-order valence-electron chi connectivity index (χ0n) is 19.9. The molecular formula is C28H32N2O4. The summed E-state index contributed by atoms with van der Waals surface area (Å²) in [5.41, 5.74) is 1.62. The standard InChI is InChI=1S/C28H32N2O4/c1-21(2)18-29-28(32)27(23-10-6-4-7-11-23)30(19-22-14-16-24(33-3)17-15-22)26(31)20-34-25-12-8-5-9-13-25/h4-17,21,27H,18-20H2,1-3H3,(H,29,32)/t27-/m1/s1. The minimum Gasteiger partial charge on any atom is -0.497 e. The first-order chi connectivity index (χ1) is 16.5. The van der Waals surface area contributed by atoms with Gasteiger partial charge in [0.25, 0.3) is 5.91 Å². The first-order valence-corrected chi connectivity index (χ1v) is 11.4. The lowest BCUT2D eigenvalue weighted by molar-refractivity contribution is -0.143. The maximum atomic E-state index is 13.5. The molecule has 0 saturated heterocycles. The van der Waals surface area contributed by atoms with Crippen molar-refractivity contribution < 1.29 is 19.1 Å². The Morgan fingerprint density at radius 2 is 1.47 bits per heavy atom. The highest BCUT2D eigenvalue weighted by molar-refractivity contribution is 5.89. The quantitative estimate of drug-likeness (QED) is 0.454. The van der Waals surface area contributed by atoms with Crippen molar-refractivity contribution in [2.24, 2.45) is 5.92 Å². The molecule has 0 aromatic heterocycles. The van der Waals surface area contributed by atoms with Gasteiger partial charge in [0, 0.05) is 13.1 Å². The van der Waals surface area contributed by atoms with Crippen LogP contribution < -0.4 is 14.8 Å².